The van der Waals surface area contributed by atoms with Crippen molar-refractivity contribution in [2.75, 3.05) is 32.5 Å². The van der Waals surface area contributed by atoms with Crippen LogP contribution in [0.4, 0.5) is 5.69 Å². The molecule has 4 nitrogen and oxygen atoms in total. The van der Waals surface area contributed by atoms with Crippen molar-refractivity contribution in [1.82, 2.24) is 10.2 Å². The van der Waals surface area contributed by atoms with Gasteiger partial charge < -0.3 is 15.5 Å². The number of hydrogen-bond donors (Lipinski definition) is 2. The molecule has 0 spiro atoms. The molecule has 0 aromatic heterocycles. The van der Waals surface area contributed by atoms with Gasteiger partial charge in [0.25, 0.3) is 0 Å². The molecule has 1 amide bonds. The fourth-order valence-corrected chi connectivity index (χ4v) is 2.33. The molecule has 1 atom stereocenters. The highest BCUT2D eigenvalue weighted by molar-refractivity contribution is 5.86. The fourth-order valence-electron chi connectivity index (χ4n) is 2.33. The minimum Gasteiger partial charge on any atom is -0.385 e. The topological polar surface area (TPSA) is 44.4 Å². The van der Waals surface area contributed by atoms with Crippen LogP contribution in [0.1, 0.15) is 31.7 Å². The zero-order chi connectivity index (χ0) is 14.8. The van der Waals surface area contributed by atoms with Crippen molar-refractivity contribution in [2.45, 2.75) is 31.7 Å². The highest BCUT2D eigenvalue weighted by Crippen LogP contribution is 2.31. The summed E-state index contributed by atoms with van der Waals surface area (Å²) in [6, 6.07) is 8.08. The van der Waals surface area contributed by atoms with E-state index >= 15 is 0 Å². The lowest BCUT2D eigenvalue weighted by atomic mass is 9.90. The van der Waals surface area contributed by atoms with Crippen molar-refractivity contribution in [1.29, 1.82) is 0 Å². The molecule has 110 valence electrons. The Balaban J connectivity index is 2.04. The van der Waals surface area contributed by atoms with Crippen LogP contribution in [0.2, 0.25) is 0 Å². The maximum atomic E-state index is 12.5. The predicted molar refractivity (Wildman–Crippen MR) is 83.1 cm³/mol. The van der Waals surface area contributed by atoms with Gasteiger partial charge >= 0.3 is 0 Å². The normalized spacial score (nSPS) is 18.4. The van der Waals surface area contributed by atoms with Crippen molar-refractivity contribution >= 4 is 11.6 Å². The Hall–Kier alpha value is -1.55. The summed E-state index contributed by atoms with van der Waals surface area (Å²) in [6.07, 6.45) is 0.852. The van der Waals surface area contributed by atoms with Gasteiger partial charge in [0.15, 0.2) is 0 Å². The molecule has 0 saturated carbocycles. The Bertz CT molecular complexity index is 482. The van der Waals surface area contributed by atoms with Gasteiger partial charge in [-0.25, -0.2) is 0 Å². The third-order valence-electron chi connectivity index (χ3n) is 4.31. The molecule has 1 aliphatic heterocycles. The van der Waals surface area contributed by atoms with Crippen LogP contribution in [0.3, 0.4) is 0 Å². The van der Waals surface area contributed by atoms with Crippen molar-refractivity contribution in [2.24, 2.45) is 0 Å². The van der Waals surface area contributed by atoms with Gasteiger partial charge in [0, 0.05) is 24.3 Å². The molecule has 0 radical (unpaired) electrons. The van der Waals surface area contributed by atoms with E-state index in [2.05, 4.69) is 29.4 Å². The number of rotatable bonds is 4. The van der Waals surface area contributed by atoms with Crippen LogP contribution in [0, 0.1) is 0 Å². The van der Waals surface area contributed by atoms with Gasteiger partial charge in [-0.1, -0.05) is 18.2 Å². The van der Waals surface area contributed by atoms with Gasteiger partial charge in [-0.3, -0.25) is 4.79 Å². The molecule has 0 fully saturated rings. The first-order valence-electron chi connectivity index (χ1n) is 7.20. The first-order valence-corrected chi connectivity index (χ1v) is 7.20. The SMILES string of the molecule is CN(C)C(C)(C)CNC(=O)C1CCNc2ccccc21. The van der Waals surface area contributed by atoms with Gasteiger partial charge in [-0.15, -0.1) is 0 Å². The molecule has 20 heavy (non-hydrogen) atoms. The lowest BCUT2D eigenvalue weighted by Gasteiger charge is -2.34. The standard InChI is InChI=1S/C16H25N3O/c1-16(2,19(3)4)11-18-15(20)13-9-10-17-14-8-6-5-7-12(13)14/h5-8,13,17H,9-11H2,1-4H3,(H,18,20). The van der Waals surface area contributed by atoms with Gasteiger partial charge in [0.2, 0.25) is 5.91 Å². The molecular formula is C16H25N3O. The van der Waals surface area contributed by atoms with E-state index in [4.69, 9.17) is 0 Å². The minimum absolute atomic E-state index is 0.0367. The molecule has 1 aromatic carbocycles. The Morgan fingerprint density at radius 3 is 2.80 bits per heavy atom. The monoisotopic (exact) mass is 275 g/mol. The number of likely N-dealkylation sites (N-methyl/N-ethyl adjacent to an activating group) is 1. The van der Waals surface area contributed by atoms with E-state index in [1.165, 1.54) is 0 Å². The van der Waals surface area contributed by atoms with E-state index in [0.717, 1.165) is 24.2 Å². The van der Waals surface area contributed by atoms with Crippen LogP contribution in [-0.2, 0) is 4.79 Å². The van der Waals surface area contributed by atoms with Crippen LogP contribution >= 0.6 is 0 Å². The van der Waals surface area contributed by atoms with Crippen molar-refractivity contribution in [3.8, 4) is 0 Å². The zero-order valence-electron chi connectivity index (χ0n) is 12.9. The second-order valence-corrected chi connectivity index (χ2v) is 6.28. The van der Waals surface area contributed by atoms with Gasteiger partial charge in [0.1, 0.15) is 0 Å². The second-order valence-electron chi connectivity index (χ2n) is 6.28. The van der Waals surface area contributed by atoms with Crippen LogP contribution in [0.25, 0.3) is 0 Å². The molecule has 0 saturated heterocycles. The average molecular weight is 275 g/mol. The summed E-state index contributed by atoms with van der Waals surface area (Å²) in [5.41, 5.74) is 2.16. The van der Waals surface area contributed by atoms with Crippen molar-refractivity contribution in [3.63, 3.8) is 0 Å². The molecule has 0 aliphatic carbocycles. The number of hydrogen-bond acceptors (Lipinski definition) is 3. The number of fused-ring (bicyclic) bond motifs is 1. The predicted octanol–water partition coefficient (Wildman–Crippen LogP) is 2.04. The summed E-state index contributed by atoms with van der Waals surface area (Å²) >= 11 is 0. The third kappa shape index (κ3) is 3.12. The number of amides is 1. The van der Waals surface area contributed by atoms with E-state index in [1.54, 1.807) is 0 Å². The van der Waals surface area contributed by atoms with Crippen LogP contribution in [-0.4, -0.2) is 43.5 Å². The van der Waals surface area contributed by atoms with Gasteiger partial charge in [0.05, 0.1) is 5.92 Å². The molecule has 0 bridgehead atoms. The van der Waals surface area contributed by atoms with E-state index < -0.39 is 0 Å². The van der Waals surface area contributed by atoms with Crippen LogP contribution in [0.15, 0.2) is 24.3 Å². The molecule has 2 N–H and O–H groups in total. The van der Waals surface area contributed by atoms with E-state index in [9.17, 15) is 4.79 Å². The first kappa shape index (κ1) is 14.9. The van der Waals surface area contributed by atoms with Crippen LogP contribution < -0.4 is 10.6 Å². The smallest absolute Gasteiger partial charge is 0.227 e. The lowest BCUT2D eigenvalue weighted by Crippen LogP contribution is -2.49. The summed E-state index contributed by atoms with van der Waals surface area (Å²) in [7, 11) is 4.07. The Labute approximate surface area is 121 Å². The summed E-state index contributed by atoms with van der Waals surface area (Å²) in [4.78, 5) is 14.6. The molecule has 2 rings (SSSR count). The number of benzene rings is 1. The van der Waals surface area contributed by atoms with E-state index in [1.807, 2.05) is 38.4 Å². The molecular weight excluding hydrogens is 250 g/mol. The number of nitrogens with one attached hydrogen (secondary N) is 2. The summed E-state index contributed by atoms with van der Waals surface area (Å²) in [5, 5.41) is 6.46. The molecule has 1 aliphatic rings. The first-order chi connectivity index (χ1) is 9.42. The molecule has 1 aromatic rings. The number of carbonyl (C=O) groups is 1. The zero-order valence-corrected chi connectivity index (χ0v) is 12.9. The Morgan fingerprint density at radius 2 is 2.10 bits per heavy atom. The van der Waals surface area contributed by atoms with Crippen molar-refractivity contribution < 1.29 is 4.79 Å². The Kier molecular flexibility index (Phi) is 4.33. The number of anilines is 1. The maximum absolute atomic E-state index is 12.5. The maximum Gasteiger partial charge on any atom is 0.227 e. The summed E-state index contributed by atoms with van der Waals surface area (Å²) in [5.74, 6) is 0.0966. The largest absolute Gasteiger partial charge is 0.385 e. The second kappa shape index (κ2) is 5.83. The highest BCUT2D eigenvalue weighted by Gasteiger charge is 2.28. The minimum atomic E-state index is -0.0396. The number of carbonyl (C=O) groups excluding carboxylic acids is 1. The van der Waals surface area contributed by atoms with Gasteiger partial charge in [-0.05, 0) is 46.0 Å². The van der Waals surface area contributed by atoms with Crippen LogP contribution in [0.5, 0.6) is 0 Å². The lowest BCUT2D eigenvalue weighted by molar-refractivity contribution is -0.123. The van der Waals surface area contributed by atoms with Crippen molar-refractivity contribution in [3.05, 3.63) is 29.8 Å². The molecule has 1 heterocycles. The van der Waals surface area contributed by atoms with Gasteiger partial charge in [-0.2, -0.15) is 0 Å². The Morgan fingerprint density at radius 1 is 1.40 bits per heavy atom. The van der Waals surface area contributed by atoms with E-state index in [0.29, 0.717) is 6.54 Å². The average Bonchev–Trinajstić information content (AvgIpc) is 2.44. The third-order valence-corrected chi connectivity index (χ3v) is 4.31. The van der Waals surface area contributed by atoms with E-state index in [-0.39, 0.29) is 17.4 Å². The quantitative estimate of drug-likeness (QED) is 0.884. The number of nitrogens with zero attached hydrogens (tertiary/aromatic N) is 1. The number of para-hydroxylation sites is 1. The molecule has 1 unspecified atom stereocenters. The summed E-state index contributed by atoms with van der Waals surface area (Å²) < 4.78 is 0. The fraction of sp³-hybridized carbons (Fsp3) is 0.562. The molecule has 4 heteroatoms. The summed E-state index contributed by atoms with van der Waals surface area (Å²) in [6.45, 7) is 5.77. The highest BCUT2D eigenvalue weighted by atomic mass is 16.1.